The molecule has 1 unspecified atom stereocenters. The number of thioether (sulfide) groups is 1. The van der Waals surface area contributed by atoms with Crippen LogP contribution in [0.2, 0.25) is 0 Å². The van der Waals surface area contributed by atoms with E-state index in [9.17, 15) is 0 Å². The van der Waals surface area contributed by atoms with Crippen molar-refractivity contribution in [3.8, 4) is 0 Å². The van der Waals surface area contributed by atoms with Crippen molar-refractivity contribution in [2.75, 3.05) is 5.75 Å². The molecule has 0 aliphatic rings. The van der Waals surface area contributed by atoms with Gasteiger partial charge in [-0.1, -0.05) is 37.3 Å². The minimum Gasteiger partial charge on any atom is -0.324 e. The van der Waals surface area contributed by atoms with Crippen LogP contribution in [0.3, 0.4) is 0 Å². The van der Waals surface area contributed by atoms with Gasteiger partial charge < -0.3 is 5.73 Å². The number of rotatable bonds is 5. The molecule has 0 radical (unpaired) electrons. The lowest BCUT2D eigenvalue weighted by atomic mass is 9.97. The van der Waals surface area contributed by atoms with E-state index in [0.29, 0.717) is 0 Å². The van der Waals surface area contributed by atoms with E-state index >= 15 is 0 Å². The first kappa shape index (κ1) is 15.1. The lowest BCUT2D eigenvalue weighted by molar-refractivity contribution is 0.720. The second kappa shape index (κ2) is 6.96. The normalized spacial score (nSPS) is 12.4. The second-order valence-electron chi connectivity index (χ2n) is 5.23. The van der Waals surface area contributed by atoms with Crippen molar-refractivity contribution in [1.29, 1.82) is 0 Å². The lowest BCUT2D eigenvalue weighted by Crippen LogP contribution is -2.13. The summed E-state index contributed by atoms with van der Waals surface area (Å²) in [5, 5.41) is 0. The summed E-state index contributed by atoms with van der Waals surface area (Å²) >= 11 is 1.86. The van der Waals surface area contributed by atoms with Crippen LogP contribution < -0.4 is 5.73 Å². The molecule has 2 rings (SSSR count). The summed E-state index contributed by atoms with van der Waals surface area (Å²) in [4.78, 5) is 1.31. The predicted octanol–water partition coefficient (Wildman–Crippen LogP) is 4.66. The van der Waals surface area contributed by atoms with E-state index in [-0.39, 0.29) is 6.04 Å². The molecule has 0 aromatic heterocycles. The third-order valence-electron chi connectivity index (χ3n) is 3.65. The number of aryl methyl sites for hydroxylation is 2. The summed E-state index contributed by atoms with van der Waals surface area (Å²) in [7, 11) is 0. The number of benzene rings is 2. The van der Waals surface area contributed by atoms with Gasteiger partial charge >= 0.3 is 0 Å². The molecule has 20 heavy (non-hydrogen) atoms. The SMILES string of the molecule is CCSc1ccc(C(N)Cc2ccc(C)c(C)c2)cc1. The van der Waals surface area contributed by atoms with Crippen LogP contribution in [0.25, 0.3) is 0 Å². The molecule has 0 fully saturated rings. The fourth-order valence-corrected chi connectivity index (χ4v) is 2.94. The highest BCUT2D eigenvalue weighted by atomic mass is 32.2. The van der Waals surface area contributed by atoms with Gasteiger partial charge in [-0.25, -0.2) is 0 Å². The smallest absolute Gasteiger partial charge is 0.0335 e. The predicted molar refractivity (Wildman–Crippen MR) is 89.4 cm³/mol. The summed E-state index contributed by atoms with van der Waals surface area (Å²) in [6.07, 6.45) is 0.890. The van der Waals surface area contributed by atoms with Crippen LogP contribution in [0.5, 0.6) is 0 Å². The van der Waals surface area contributed by atoms with Crippen LogP contribution in [0.1, 0.15) is 35.2 Å². The molecular formula is C18H23NS. The standard InChI is InChI=1S/C18H23NS/c1-4-20-17-9-7-16(8-10-17)18(19)12-15-6-5-13(2)14(3)11-15/h5-11,18H,4,12,19H2,1-3H3. The topological polar surface area (TPSA) is 26.0 Å². The molecule has 1 nitrogen and oxygen atoms in total. The number of nitrogens with two attached hydrogens (primary N) is 1. The van der Waals surface area contributed by atoms with E-state index in [1.54, 1.807) is 0 Å². The Morgan fingerprint density at radius 2 is 1.70 bits per heavy atom. The van der Waals surface area contributed by atoms with Gasteiger partial charge in [0.25, 0.3) is 0 Å². The van der Waals surface area contributed by atoms with E-state index < -0.39 is 0 Å². The second-order valence-corrected chi connectivity index (χ2v) is 6.57. The molecule has 0 saturated heterocycles. The van der Waals surface area contributed by atoms with Gasteiger partial charge in [0.2, 0.25) is 0 Å². The first-order valence-electron chi connectivity index (χ1n) is 7.14. The summed E-state index contributed by atoms with van der Waals surface area (Å²) < 4.78 is 0. The molecule has 2 aromatic carbocycles. The molecular weight excluding hydrogens is 262 g/mol. The molecule has 2 heteroatoms. The maximum atomic E-state index is 6.33. The van der Waals surface area contributed by atoms with Crippen molar-refractivity contribution >= 4 is 11.8 Å². The molecule has 106 valence electrons. The van der Waals surface area contributed by atoms with Crippen LogP contribution in [0.15, 0.2) is 47.4 Å². The van der Waals surface area contributed by atoms with Gasteiger partial charge in [-0.15, -0.1) is 11.8 Å². The van der Waals surface area contributed by atoms with E-state index in [2.05, 4.69) is 63.2 Å². The summed E-state index contributed by atoms with van der Waals surface area (Å²) in [5.41, 5.74) is 11.5. The number of hydrogen-bond acceptors (Lipinski definition) is 2. The van der Waals surface area contributed by atoms with E-state index in [4.69, 9.17) is 5.73 Å². The maximum Gasteiger partial charge on any atom is 0.0335 e. The Labute approximate surface area is 126 Å². The average Bonchev–Trinajstić information content (AvgIpc) is 2.44. The molecule has 1 atom stereocenters. The molecule has 0 saturated carbocycles. The molecule has 2 aromatic rings. The highest BCUT2D eigenvalue weighted by molar-refractivity contribution is 7.99. The Hall–Kier alpha value is -1.25. The largest absolute Gasteiger partial charge is 0.324 e. The van der Waals surface area contributed by atoms with Gasteiger partial charge in [-0.3, -0.25) is 0 Å². The first-order valence-corrected chi connectivity index (χ1v) is 8.13. The Balaban J connectivity index is 2.06. The Kier molecular flexibility index (Phi) is 5.27. The summed E-state index contributed by atoms with van der Waals surface area (Å²) in [6.45, 7) is 6.47. The number of hydrogen-bond donors (Lipinski definition) is 1. The maximum absolute atomic E-state index is 6.33. The summed E-state index contributed by atoms with van der Waals surface area (Å²) in [6, 6.07) is 15.3. The zero-order valence-corrected chi connectivity index (χ0v) is 13.3. The quantitative estimate of drug-likeness (QED) is 0.809. The third-order valence-corrected chi connectivity index (χ3v) is 4.54. The third kappa shape index (κ3) is 3.87. The van der Waals surface area contributed by atoms with Crippen LogP contribution >= 0.6 is 11.8 Å². The minimum absolute atomic E-state index is 0.0674. The Morgan fingerprint density at radius 1 is 1.00 bits per heavy atom. The van der Waals surface area contributed by atoms with Crippen molar-refractivity contribution in [3.63, 3.8) is 0 Å². The van der Waals surface area contributed by atoms with Crippen LogP contribution in [0, 0.1) is 13.8 Å². The Bertz CT molecular complexity index is 560. The zero-order chi connectivity index (χ0) is 14.5. The van der Waals surface area contributed by atoms with Gasteiger partial charge in [0.1, 0.15) is 0 Å². The van der Waals surface area contributed by atoms with Crippen molar-refractivity contribution in [1.82, 2.24) is 0 Å². The molecule has 0 spiro atoms. The highest BCUT2D eigenvalue weighted by Crippen LogP contribution is 2.22. The molecule has 0 heterocycles. The fraction of sp³-hybridized carbons (Fsp3) is 0.333. The van der Waals surface area contributed by atoms with Gasteiger partial charge in [0.05, 0.1) is 0 Å². The minimum atomic E-state index is 0.0674. The molecule has 2 N–H and O–H groups in total. The van der Waals surface area contributed by atoms with Gasteiger partial charge in [-0.05, 0) is 60.4 Å². The van der Waals surface area contributed by atoms with Gasteiger partial charge in [-0.2, -0.15) is 0 Å². The lowest BCUT2D eigenvalue weighted by Gasteiger charge is -2.14. The van der Waals surface area contributed by atoms with E-state index in [0.717, 1.165) is 12.2 Å². The van der Waals surface area contributed by atoms with Crippen LogP contribution in [-0.2, 0) is 6.42 Å². The molecule has 0 bridgehead atoms. The fourth-order valence-electron chi connectivity index (χ4n) is 2.28. The van der Waals surface area contributed by atoms with Gasteiger partial charge in [0, 0.05) is 10.9 Å². The molecule has 0 aliphatic carbocycles. The van der Waals surface area contributed by atoms with E-state index in [1.165, 1.54) is 27.1 Å². The zero-order valence-electron chi connectivity index (χ0n) is 12.5. The highest BCUT2D eigenvalue weighted by Gasteiger charge is 2.08. The van der Waals surface area contributed by atoms with Crippen molar-refractivity contribution in [3.05, 3.63) is 64.7 Å². The van der Waals surface area contributed by atoms with Crippen LogP contribution in [-0.4, -0.2) is 5.75 Å². The van der Waals surface area contributed by atoms with Crippen molar-refractivity contribution < 1.29 is 0 Å². The van der Waals surface area contributed by atoms with E-state index in [1.807, 2.05) is 11.8 Å². The molecule has 0 aliphatic heterocycles. The molecule has 0 amide bonds. The summed E-state index contributed by atoms with van der Waals surface area (Å²) in [5.74, 6) is 1.11. The first-order chi connectivity index (χ1) is 9.60. The van der Waals surface area contributed by atoms with Crippen molar-refractivity contribution in [2.24, 2.45) is 5.73 Å². The van der Waals surface area contributed by atoms with Crippen molar-refractivity contribution in [2.45, 2.75) is 38.1 Å². The average molecular weight is 285 g/mol. The Morgan fingerprint density at radius 3 is 2.30 bits per heavy atom. The van der Waals surface area contributed by atoms with Gasteiger partial charge in [0.15, 0.2) is 0 Å². The monoisotopic (exact) mass is 285 g/mol. The van der Waals surface area contributed by atoms with Crippen LogP contribution in [0.4, 0.5) is 0 Å².